The van der Waals surface area contributed by atoms with Gasteiger partial charge in [0.2, 0.25) is 0 Å². The molecule has 0 bridgehead atoms. The third-order valence-electron chi connectivity index (χ3n) is 4.13. The number of hydrogen-bond donors (Lipinski definition) is 1. The highest BCUT2D eigenvalue weighted by Gasteiger charge is 2.13. The maximum atomic E-state index is 6.35. The van der Waals surface area contributed by atoms with E-state index in [1.165, 1.54) is 0 Å². The summed E-state index contributed by atoms with van der Waals surface area (Å²) >= 11 is 12.5. The summed E-state index contributed by atoms with van der Waals surface area (Å²) in [7, 11) is 1.61. The minimum absolute atomic E-state index is 0.544. The maximum Gasteiger partial charge on any atom is 0.163 e. The van der Waals surface area contributed by atoms with E-state index in [4.69, 9.17) is 32.9 Å². The van der Waals surface area contributed by atoms with Crippen molar-refractivity contribution in [2.45, 2.75) is 0 Å². The van der Waals surface area contributed by atoms with E-state index < -0.39 is 0 Å². The quantitative estimate of drug-likeness (QED) is 0.436. The molecule has 0 aliphatic heterocycles. The third kappa shape index (κ3) is 3.54. The average Bonchev–Trinajstić information content (AvgIpc) is 2.68. The number of rotatable bonds is 4. The van der Waals surface area contributed by atoms with E-state index in [1.54, 1.807) is 19.2 Å². The molecule has 0 fully saturated rings. The third-order valence-corrected chi connectivity index (χ3v) is 4.70. The molecule has 0 aliphatic rings. The lowest BCUT2D eigenvalue weighted by atomic mass is 10.1. The molecule has 27 heavy (non-hydrogen) atoms. The summed E-state index contributed by atoms with van der Waals surface area (Å²) in [6.45, 7) is 0. The number of ether oxygens (including phenoxy) is 1. The highest BCUT2D eigenvalue weighted by Crippen LogP contribution is 2.34. The first-order chi connectivity index (χ1) is 13.2. The van der Waals surface area contributed by atoms with Gasteiger partial charge in [0.25, 0.3) is 0 Å². The number of nitrogens with zero attached hydrogens (tertiary/aromatic N) is 2. The van der Waals surface area contributed by atoms with Gasteiger partial charge in [-0.2, -0.15) is 0 Å². The molecule has 0 unspecified atom stereocenters. The van der Waals surface area contributed by atoms with Crippen LogP contribution in [0.2, 0.25) is 10.0 Å². The van der Waals surface area contributed by atoms with Crippen LogP contribution >= 0.6 is 23.2 Å². The van der Waals surface area contributed by atoms with Crippen molar-refractivity contribution in [2.75, 3.05) is 12.4 Å². The van der Waals surface area contributed by atoms with Crippen molar-refractivity contribution in [2.24, 2.45) is 0 Å². The summed E-state index contributed by atoms with van der Waals surface area (Å²) in [5.74, 6) is 1.86. The van der Waals surface area contributed by atoms with Crippen molar-refractivity contribution in [3.8, 4) is 17.1 Å². The summed E-state index contributed by atoms with van der Waals surface area (Å²) < 4.78 is 5.43. The maximum absolute atomic E-state index is 6.35. The largest absolute Gasteiger partial charge is 0.495 e. The Morgan fingerprint density at radius 1 is 0.889 bits per heavy atom. The number of halogens is 2. The Kier molecular flexibility index (Phi) is 4.84. The number of para-hydroxylation sites is 1. The van der Waals surface area contributed by atoms with Crippen molar-refractivity contribution in [1.82, 2.24) is 9.97 Å². The first-order valence-electron chi connectivity index (χ1n) is 8.28. The van der Waals surface area contributed by atoms with Crippen LogP contribution in [0.15, 0.2) is 66.7 Å². The van der Waals surface area contributed by atoms with E-state index in [-0.39, 0.29) is 0 Å². The Bertz CT molecular complexity index is 1130. The van der Waals surface area contributed by atoms with E-state index >= 15 is 0 Å². The van der Waals surface area contributed by atoms with E-state index in [0.29, 0.717) is 27.4 Å². The summed E-state index contributed by atoms with van der Waals surface area (Å²) in [5, 5.41) is 5.41. The number of benzene rings is 3. The van der Waals surface area contributed by atoms with Crippen molar-refractivity contribution < 1.29 is 4.74 Å². The Labute approximate surface area is 166 Å². The standard InChI is InChI=1S/C21H15Cl2N3O/c1-27-19-11-10-13(22)12-18(19)25-21-15-7-3-5-9-17(15)24-20(26-21)14-6-2-4-8-16(14)23/h2-12H,1H3,(H,24,25,26). The number of fused-ring (bicyclic) bond motifs is 1. The van der Waals surface area contributed by atoms with Gasteiger partial charge in [0.1, 0.15) is 11.6 Å². The van der Waals surface area contributed by atoms with Gasteiger partial charge in [-0.25, -0.2) is 9.97 Å². The molecular formula is C21H15Cl2N3O. The van der Waals surface area contributed by atoms with Crippen LogP contribution < -0.4 is 10.1 Å². The fraction of sp³-hybridized carbons (Fsp3) is 0.0476. The van der Waals surface area contributed by atoms with Crippen molar-refractivity contribution in [1.29, 1.82) is 0 Å². The fourth-order valence-corrected chi connectivity index (χ4v) is 3.23. The molecule has 4 rings (SSSR count). The molecule has 0 spiro atoms. The predicted octanol–water partition coefficient (Wildman–Crippen LogP) is 6.36. The van der Waals surface area contributed by atoms with Gasteiger partial charge >= 0.3 is 0 Å². The molecule has 1 N–H and O–H groups in total. The summed E-state index contributed by atoms with van der Waals surface area (Å²) in [4.78, 5) is 9.40. The van der Waals surface area contributed by atoms with Gasteiger partial charge in [0, 0.05) is 16.0 Å². The molecule has 0 aliphatic carbocycles. The topological polar surface area (TPSA) is 47.0 Å². The molecule has 4 nitrogen and oxygen atoms in total. The molecule has 3 aromatic carbocycles. The van der Waals surface area contributed by atoms with Crippen LogP contribution in [-0.4, -0.2) is 17.1 Å². The summed E-state index contributed by atoms with van der Waals surface area (Å²) in [5.41, 5.74) is 2.30. The average molecular weight is 396 g/mol. The van der Waals surface area contributed by atoms with Gasteiger partial charge in [0.05, 0.1) is 23.3 Å². The minimum atomic E-state index is 0.544. The second-order valence-corrected chi connectivity index (χ2v) is 6.71. The van der Waals surface area contributed by atoms with Gasteiger partial charge in [-0.1, -0.05) is 47.5 Å². The molecule has 1 aromatic heterocycles. The molecule has 6 heteroatoms. The van der Waals surface area contributed by atoms with Crippen molar-refractivity contribution in [3.63, 3.8) is 0 Å². The number of hydrogen-bond acceptors (Lipinski definition) is 4. The van der Waals surface area contributed by atoms with Gasteiger partial charge in [-0.15, -0.1) is 0 Å². The first kappa shape index (κ1) is 17.6. The van der Waals surface area contributed by atoms with E-state index in [2.05, 4.69) is 10.3 Å². The normalized spacial score (nSPS) is 10.8. The van der Waals surface area contributed by atoms with Crippen molar-refractivity contribution in [3.05, 3.63) is 76.8 Å². The monoisotopic (exact) mass is 395 g/mol. The highest BCUT2D eigenvalue weighted by molar-refractivity contribution is 6.33. The number of aromatic nitrogens is 2. The SMILES string of the molecule is COc1ccc(Cl)cc1Nc1nc(-c2ccccc2Cl)nc2ccccc12. The van der Waals surface area contributed by atoms with Crippen LogP contribution in [0, 0.1) is 0 Å². The Morgan fingerprint density at radius 2 is 1.67 bits per heavy atom. The van der Waals surface area contributed by atoms with Gasteiger partial charge in [-0.05, 0) is 42.5 Å². The van der Waals surface area contributed by atoms with Crippen molar-refractivity contribution >= 4 is 45.6 Å². The molecule has 134 valence electrons. The van der Waals surface area contributed by atoms with Crippen LogP contribution in [0.5, 0.6) is 5.75 Å². The van der Waals surface area contributed by atoms with Crippen LogP contribution in [0.4, 0.5) is 11.5 Å². The van der Waals surface area contributed by atoms with Gasteiger partial charge < -0.3 is 10.1 Å². The zero-order valence-corrected chi connectivity index (χ0v) is 15.9. The molecular weight excluding hydrogens is 381 g/mol. The molecule has 0 atom stereocenters. The van der Waals surface area contributed by atoms with Gasteiger partial charge in [0.15, 0.2) is 5.82 Å². The Balaban J connectivity index is 1.90. The molecule has 0 saturated carbocycles. The van der Waals surface area contributed by atoms with Crippen LogP contribution in [0.1, 0.15) is 0 Å². The zero-order valence-electron chi connectivity index (χ0n) is 14.4. The molecule has 0 amide bonds. The second-order valence-electron chi connectivity index (χ2n) is 5.86. The number of nitrogens with one attached hydrogen (secondary N) is 1. The molecule has 4 aromatic rings. The van der Waals surface area contributed by atoms with Crippen LogP contribution in [-0.2, 0) is 0 Å². The first-order valence-corrected chi connectivity index (χ1v) is 9.03. The predicted molar refractivity (Wildman–Crippen MR) is 111 cm³/mol. The fourth-order valence-electron chi connectivity index (χ4n) is 2.84. The lowest BCUT2D eigenvalue weighted by Crippen LogP contribution is -2.01. The van der Waals surface area contributed by atoms with E-state index in [0.717, 1.165) is 22.2 Å². The number of methoxy groups -OCH3 is 1. The smallest absolute Gasteiger partial charge is 0.163 e. The second kappa shape index (κ2) is 7.43. The van der Waals surface area contributed by atoms with E-state index in [1.807, 2.05) is 54.6 Å². The highest BCUT2D eigenvalue weighted by atomic mass is 35.5. The number of anilines is 2. The van der Waals surface area contributed by atoms with E-state index in [9.17, 15) is 0 Å². The molecule has 0 radical (unpaired) electrons. The minimum Gasteiger partial charge on any atom is -0.495 e. The van der Waals surface area contributed by atoms with Crippen LogP contribution in [0.25, 0.3) is 22.3 Å². The Hall–Kier alpha value is -2.82. The summed E-state index contributed by atoms with van der Waals surface area (Å²) in [6.07, 6.45) is 0. The molecule has 1 heterocycles. The Morgan fingerprint density at radius 3 is 2.48 bits per heavy atom. The van der Waals surface area contributed by atoms with Gasteiger partial charge in [-0.3, -0.25) is 0 Å². The zero-order chi connectivity index (χ0) is 18.8. The lowest BCUT2D eigenvalue weighted by Gasteiger charge is -2.14. The lowest BCUT2D eigenvalue weighted by molar-refractivity contribution is 0.417. The van der Waals surface area contributed by atoms with Crippen LogP contribution in [0.3, 0.4) is 0 Å². The summed E-state index contributed by atoms with van der Waals surface area (Å²) in [6, 6.07) is 20.7. The molecule has 0 saturated heterocycles.